The molecule has 3 nitrogen and oxygen atoms in total. The van der Waals surface area contributed by atoms with Crippen LogP contribution in [0.1, 0.15) is 31.8 Å². The molecule has 2 N–H and O–H groups in total. The van der Waals surface area contributed by atoms with Gasteiger partial charge in [-0.05, 0) is 12.1 Å². The molecule has 0 atom stereocenters. The van der Waals surface area contributed by atoms with Crippen molar-refractivity contribution in [2.45, 2.75) is 4.90 Å². The summed E-state index contributed by atoms with van der Waals surface area (Å²) in [5.74, 6) is -0.411. The Morgan fingerprint density at radius 3 is 2.11 bits per heavy atom. The molecule has 0 bridgehead atoms. The molecule has 0 spiro atoms. The van der Waals surface area contributed by atoms with Gasteiger partial charge in [0.1, 0.15) is 0 Å². The van der Waals surface area contributed by atoms with Gasteiger partial charge in [-0.2, -0.15) is 0 Å². The van der Waals surface area contributed by atoms with E-state index in [0.29, 0.717) is 32.8 Å². The summed E-state index contributed by atoms with van der Waals surface area (Å²) in [6.45, 7) is 0. The van der Waals surface area contributed by atoms with Gasteiger partial charge in [-0.3, -0.25) is 9.59 Å². The zero-order chi connectivity index (χ0) is 12.9. The molecule has 0 saturated carbocycles. The van der Waals surface area contributed by atoms with Crippen molar-refractivity contribution in [1.29, 1.82) is 0 Å². The van der Waals surface area contributed by atoms with Gasteiger partial charge in [0, 0.05) is 27.3 Å². The number of nitrogens with two attached hydrogens (primary N) is 1. The number of rotatable bonds is 0. The van der Waals surface area contributed by atoms with Crippen LogP contribution in [0.4, 0.5) is 5.69 Å². The van der Waals surface area contributed by atoms with E-state index < -0.39 is 0 Å². The highest BCUT2D eigenvalue weighted by molar-refractivity contribution is 7.80. The topological polar surface area (TPSA) is 60.2 Å². The third-order valence-electron chi connectivity index (χ3n) is 3.08. The first-order valence-electron chi connectivity index (χ1n) is 5.41. The van der Waals surface area contributed by atoms with Crippen LogP contribution >= 0.6 is 12.6 Å². The Hall–Kier alpha value is -2.07. The van der Waals surface area contributed by atoms with Crippen molar-refractivity contribution in [3.63, 3.8) is 0 Å². The third kappa shape index (κ3) is 1.32. The fourth-order valence-electron chi connectivity index (χ4n) is 2.25. The Morgan fingerprint density at radius 1 is 0.833 bits per heavy atom. The summed E-state index contributed by atoms with van der Waals surface area (Å²) >= 11 is 4.25. The summed E-state index contributed by atoms with van der Waals surface area (Å²) in [5, 5.41) is 0. The van der Waals surface area contributed by atoms with Crippen LogP contribution in [-0.2, 0) is 0 Å². The number of nitrogen functional groups attached to an aromatic ring is 1. The van der Waals surface area contributed by atoms with Crippen LogP contribution in [0.3, 0.4) is 0 Å². The number of fused-ring (bicyclic) bond motifs is 2. The molecule has 4 heteroatoms. The minimum Gasteiger partial charge on any atom is -0.398 e. The largest absolute Gasteiger partial charge is 0.398 e. The highest BCUT2D eigenvalue weighted by Gasteiger charge is 2.32. The summed E-state index contributed by atoms with van der Waals surface area (Å²) in [6, 6.07) is 9.95. The number of ketones is 2. The summed E-state index contributed by atoms with van der Waals surface area (Å²) < 4.78 is 0. The first kappa shape index (κ1) is 11.0. The zero-order valence-electron chi connectivity index (χ0n) is 9.31. The molecule has 0 aliphatic heterocycles. The van der Waals surface area contributed by atoms with E-state index >= 15 is 0 Å². The van der Waals surface area contributed by atoms with Crippen LogP contribution in [0.2, 0.25) is 0 Å². The van der Waals surface area contributed by atoms with Crippen LogP contribution in [-0.4, -0.2) is 11.6 Å². The van der Waals surface area contributed by atoms with E-state index in [-0.39, 0.29) is 11.6 Å². The summed E-state index contributed by atoms with van der Waals surface area (Å²) in [4.78, 5) is 25.2. The smallest absolute Gasteiger partial charge is 0.196 e. The molecule has 88 valence electrons. The summed E-state index contributed by atoms with van der Waals surface area (Å²) in [7, 11) is 0. The van der Waals surface area contributed by atoms with E-state index in [1.54, 1.807) is 36.4 Å². The number of carbonyl (C=O) groups is 2. The molecule has 0 heterocycles. The minimum atomic E-state index is -0.214. The molecule has 3 rings (SSSR count). The lowest BCUT2D eigenvalue weighted by Crippen LogP contribution is -2.22. The van der Waals surface area contributed by atoms with Crippen molar-refractivity contribution < 1.29 is 9.59 Å². The maximum absolute atomic E-state index is 12.4. The van der Waals surface area contributed by atoms with Gasteiger partial charge < -0.3 is 5.73 Å². The van der Waals surface area contributed by atoms with Crippen LogP contribution in [0.5, 0.6) is 0 Å². The monoisotopic (exact) mass is 255 g/mol. The van der Waals surface area contributed by atoms with Crippen LogP contribution in [0.25, 0.3) is 0 Å². The van der Waals surface area contributed by atoms with Gasteiger partial charge in [0.2, 0.25) is 0 Å². The van der Waals surface area contributed by atoms with E-state index in [4.69, 9.17) is 5.73 Å². The summed E-state index contributed by atoms with van der Waals surface area (Å²) in [5.41, 5.74) is 7.52. The maximum atomic E-state index is 12.4. The average Bonchev–Trinajstić information content (AvgIpc) is 2.35. The summed E-state index contributed by atoms with van der Waals surface area (Å²) in [6.07, 6.45) is 0. The lowest BCUT2D eigenvalue weighted by Gasteiger charge is -2.19. The van der Waals surface area contributed by atoms with Crippen molar-refractivity contribution in [2.24, 2.45) is 0 Å². The molecule has 0 amide bonds. The van der Waals surface area contributed by atoms with Crippen LogP contribution < -0.4 is 5.73 Å². The van der Waals surface area contributed by atoms with Crippen molar-refractivity contribution in [1.82, 2.24) is 0 Å². The predicted octanol–water partition coefficient (Wildman–Crippen LogP) is 2.33. The Morgan fingerprint density at radius 2 is 1.39 bits per heavy atom. The van der Waals surface area contributed by atoms with E-state index in [2.05, 4.69) is 12.6 Å². The Kier molecular flexibility index (Phi) is 2.28. The molecule has 0 radical (unpaired) electrons. The molecule has 0 saturated heterocycles. The van der Waals surface area contributed by atoms with Crippen LogP contribution in [0.15, 0.2) is 41.3 Å². The molecular formula is C14H9NO2S. The molecular weight excluding hydrogens is 246 g/mol. The zero-order valence-corrected chi connectivity index (χ0v) is 10.2. The molecule has 2 aromatic carbocycles. The Labute approximate surface area is 109 Å². The van der Waals surface area contributed by atoms with Gasteiger partial charge in [0.15, 0.2) is 11.6 Å². The number of benzene rings is 2. The average molecular weight is 255 g/mol. The van der Waals surface area contributed by atoms with Crippen molar-refractivity contribution in [3.8, 4) is 0 Å². The molecule has 0 unspecified atom stereocenters. The first-order chi connectivity index (χ1) is 8.61. The fourth-order valence-corrected chi connectivity index (χ4v) is 2.56. The fraction of sp³-hybridized carbons (Fsp3) is 0. The third-order valence-corrected chi connectivity index (χ3v) is 3.46. The highest BCUT2D eigenvalue weighted by Crippen LogP contribution is 2.33. The van der Waals surface area contributed by atoms with E-state index in [9.17, 15) is 9.59 Å². The van der Waals surface area contributed by atoms with Gasteiger partial charge in [-0.15, -0.1) is 12.6 Å². The molecule has 1 aliphatic carbocycles. The Balaban J connectivity index is 2.40. The minimum absolute atomic E-state index is 0.197. The second-order valence-corrected chi connectivity index (χ2v) is 4.61. The predicted molar refractivity (Wildman–Crippen MR) is 71.4 cm³/mol. The first-order valence-corrected chi connectivity index (χ1v) is 5.86. The van der Waals surface area contributed by atoms with Gasteiger partial charge in [0.05, 0.1) is 5.56 Å². The van der Waals surface area contributed by atoms with Crippen molar-refractivity contribution in [2.75, 3.05) is 5.73 Å². The number of anilines is 1. The molecule has 18 heavy (non-hydrogen) atoms. The second-order valence-electron chi connectivity index (χ2n) is 4.13. The lowest BCUT2D eigenvalue weighted by atomic mass is 9.83. The van der Waals surface area contributed by atoms with Gasteiger partial charge >= 0.3 is 0 Å². The quantitative estimate of drug-likeness (QED) is 0.479. The number of thiol groups is 1. The number of hydrogen-bond donors (Lipinski definition) is 2. The van der Waals surface area contributed by atoms with E-state index in [1.165, 1.54) is 0 Å². The maximum Gasteiger partial charge on any atom is 0.196 e. The van der Waals surface area contributed by atoms with E-state index in [1.807, 2.05) is 0 Å². The van der Waals surface area contributed by atoms with Gasteiger partial charge in [-0.25, -0.2) is 0 Å². The van der Waals surface area contributed by atoms with Crippen LogP contribution in [0, 0.1) is 0 Å². The number of carbonyl (C=O) groups excluding carboxylic acids is 2. The molecule has 2 aromatic rings. The SMILES string of the molecule is Nc1cccc2c1C(=O)c1cccc(S)c1C2=O. The molecule has 1 aliphatic rings. The molecule has 0 aromatic heterocycles. The van der Waals surface area contributed by atoms with Crippen molar-refractivity contribution in [3.05, 3.63) is 58.7 Å². The van der Waals surface area contributed by atoms with Gasteiger partial charge in [-0.1, -0.05) is 24.3 Å². The van der Waals surface area contributed by atoms with Gasteiger partial charge in [0.25, 0.3) is 0 Å². The normalized spacial score (nSPS) is 13.2. The van der Waals surface area contributed by atoms with E-state index in [0.717, 1.165) is 0 Å². The molecule has 0 fully saturated rings. The lowest BCUT2D eigenvalue weighted by molar-refractivity contribution is 0.0977. The second kappa shape index (κ2) is 3.71. The van der Waals surface area contributed by atoms with Crippen molar-refractivity contribution >= 4 is 29.9 Å². The Bertz CT molecular complexity index is 645. The highest BCUT2D eigenvalue weighted by atomic mass is 32.1. The standard InChI is InChI=1S/C14H9NO2S/c15-9-5-1-3-7-11(9)13(16)8-4-2-6-10(18)12(8)14(7)17/h1-6,18H,15H2. The number of hydrogen-bond acceptors (Lipinski definition) is 4.